The van der Waals surface area contributed by atoms with Gasteiger partial charge in [0.2, 0.25) is 0 Å². The van der Waals surface area contributed by atoms with Crippen LogP contribution in [0.25, 0.3) is 0 Å². The number of likely N-dealkylation sites (N-methyl/N-ethyl adjacent to an activating group) is 1. The molecule has 0 aromatic heterocycles. The lowest BCUT2D eigenvalue weighted by Gasteiger charge is -2.21. The molecule has 1 aliphatic heterocycles. The van der Waals surface area contributed by atoms with Crippen molar-refractivity contribution in [2.24, 2.45) is 10.9 Å². The second-order valence-electron chi connectivity index (χ2n) is 4.56. The standard InChI is InChI=1S/C10H19N3/c1-12(2)7-11-10-8-4-5-9(10)13(3)6-8/h7-10H,4-6H2,1-3H3/b11-7+/t8-,9-,10?/m1/s1. The number of nitrogens with zero attached hydrogens (tertiary/aromatic N) is 3. The molecule has 1 aliphatic carbocycles. The first-order chi connectivity index (χ1) is 6.18. The van der Waals surface area contributed by atoms with E-state index < -0.39 is 0 Å². The van der Waals surface area contributed by atoms with Gasteiger partial charge < -0.3 is 9.80 Å². The van der Waals surface area contributed by atoms with Gasteiger partial charge in [-0.2, -0.15) is 0 Å². The van der Waals surface area contributed by atoms with Crippen LogP contribution in [0.15, 0.2) is 4.99 Å². The first kappa shape index (κ1) is 9.00. The summed E-state index contributed by atoms with van der Waals surface area (Å²) in [5, 5.41) is 0. The molecule has 3 nitrogen and oxygen atoms in total. The van der Waals surface area contributed by atoms with E-state index in [1.165, 1.54) is 19.4 Å². The van der Waals surface area contributed by atoms with Gasteiger partial charge in [0.25, 0.3) is 0 Å². The highest BCUT2D eigenvalue weighted by atomic mass is 15.2. The molecule has 3 atom stereocenters. The van der Waals surface area contributed by atoms with Crippen LogP contribution >= 0.6 is 0 Å². The van der Waals surface area contributed by atoms with Crippen molar-refractivity contribution in [1.82, 2.24) is 9.80 Å². The molecule has 1 heterocycles. The van der Waals surface area contributed by atoms with E-state index in [9.17, 15) is 0 Å². The van der Waals surface area contributed by atoms with Crippen molar-refractivity contribution in [2.45, 2.75) is 24.9 Å². The van der Waals surface area contributed by atoms with Gasteiger partial charge in [-0.25, -0.2) is 0 Å². The number of rotatable bonds is 2. The van der Waals surface area contributed by atoms with Crippen molar-refractivity contribution in [3.05, 3.63) is 0 Å². The Morgan fingerprint density at radius 3 is 2.62 bits per heavy atom. The molecule has 74 valence electrons. The minimum atomic E-state index is 0.576. The van der Waals surface area contributed by atoms with Crippen molar-refractivity contribution in [1.29, 1.82) is 0 Å². The molecule has 2 fully saturated rings. The molecule has 0 spiro atoms. The summed E-state index contributed by atoms with van der Waals surface area (Å²) in [6, 6.07) is 1.30. The van der Waals surface area contributed by atoms with Crippen LogP contribution in [0.1, 0.15) is 12.8 Å². The zero-order valence-electron chi connectivity index (χ0n) is 8.77. The molecule has 0 amide bonds. The van der Waals surface area contributed by atoms with Gasteiger partial charge in [-0.15, -0.1) is 0 Å². The topological polar surface area (TPSA) is 18.8 Å². The fraction of sp³-hybridized carbons (Fsp3) is 0.900. The van der Waals surface area contributed by atoms with Gasteiger partial charge in [0.1, 0.15) is 0 Å². The van der Waals surface area contributed by atoms with Crippen LogP contribution < -0.4 is 0 Å². The Labute approximate surface area is 80.4 Å². The van der Waals surface area contributed by atoms with Crippen LogP contribution in [0.2, 0.25) is 0 Å². The zero-order chi connectivity index (χ0) is 9.42. The molecule has 2 aliphatic rings. The van der Waals surface area contributed by atoms with E-state index in [1.54, 1.807) is 0 Å². The average molecular weight is 181 g/mol. The molecule has 0 aromatic carbocycles. The predicted octanol–water partition coefficient (Wildman–Crippen LogP) is 0.669. The van der Waals surface area contributed by atoms with Gasteiger partial charge in [-0.1, -0.05) is 0 Å². The number of hydrogen-bond donors (Lipinski definition) is 0. The Hall–Kier alpha value is -0.570. The van der Waals surface area contributed by atoms with Gasteiger partial charge in [0.05, 0.1) is 12.4 Å². The summed E-state index contributed by atoms with van der Waals surface area (Å²) < 4.78 is 0. The van der Waals surface area contributed by atoms with Crippen molar-refractivity contribution >= 4 is 6.34 Å². The Bertz CT molecular complexity index is 212. The first-order valence-electron chi connectivity index (χ1n) is 5.08. The zero-order valence-corrected chi connectivity index (χ0v) is 8.77. The highest BCUT2D eigenvalue weighted by Gasteiger charge is 2.44. The molecule has 3 heteroatoms. The van der Waals surface area contributed by atoms with E-state index in [0.717, 1.165) is 12.0 Å². The monoisotopic (exact) mass is 181 g/mol. The van der Waals surface area contributed by atoms with Gasteiger partial charge in [0.15, 0.2) is 0 Å². The Kier molecular flexibility index (Phi) is 2.28. The molecule has 0 radical (unpaired) electrons. The maximum absolute atomic E-state index is 4.66. The molecule has 1 saturated heterocycles. The number of fused-ring (bicyclic) bond motifs is 2. The number of hydrogen-bond acceptors (Lipinski definition) is 2. The molecule has 0 N–H and O–H groups in total. The molecule has 1 unspecified atom stereocenters. The van der Waals surface area contributed by atoms with Crippen molar-refractivity contribution in [3.63, 3.8) is 0 Å². The maximum Gasteiger partial charge on any atom is 0.0848 e. The highest BCUT2D eigenvalue weighted by Crippen LogP contribution is 2.38. The third-order valence-electron chi connectivity index (χ3n) is 3.27. The summed E-state index contributed by atoms with van der Waals surface area (Å²) in [6.45, 7) is 1.25. The summed E-state index contributed by atoms with van der Waals surface area (Å²) >= 11 is 0. The fourth-order valence-electron chi connectivity index (χ4n) is 2.66. The maximum atomic E-state index is 4.66. The Morgan fingerprint density at radius 1 is 1.38 bits per heavy atom. The van der Waals surface area contributed by atoms with Crippen molar-refractivity contribution in [3.8, 4) is 0 Å². The van der Waals surface area contributed by atoms with Crippen molar-refractivity contribution < 1.29 is 0 Å². The van der Waals surface area contributed by atoms with Crippen LogP contribution in [-0.4, -0.2) is 55.9 Å². The molecular formula is C10H19N3. The van der Waals surface area contributed by atoms with E-state index in [4.69, 9.17) is 0 Å². The second kappa shape index (κ2) is 3.29. The predicted molar refractivity (Wildman–Crippen MR) is 55.1 cm³/mol. The quantitative estimate of drug-likeness (QED) is 0.460. The van der Waals surface area contributed by atoms with E-state index in [0.29, 0.717) is 6.04 Å². The Balaban J connectivity index is 2.01. The van der Waals surface area contributed by atoms with E-state index in [1.807, 2.05) is 25.3 Å². The molecule has 13 heavy (non-hydrogen) atoms. The average Bonchev–Trinajstić information content (AvgIpc) is 2.56. The van der Waals surface area contributed by atoms with Gasteiger partial charge in [-0.3, -0.25) is 4.99 Å². The minimum absolute atomic E-state index is 0.576. The highest BCUT2D eigenvalue weighted by molar-refractivity contribution is 5.54. The van der Waals surface area contributed by atoms with Crippen molar-refractivity contribution in [2.75, 3.05) is 27.7 Å². The largest absolute Gasteiger partial charge is 0.369 e. The smallest absolute Gasteiger partial charge is 0.0848 e. The summed E-state index contributed by atoms with van der Waals surface area (Å²) in [7, 11) is 6.29. The fourth-order valence-corrected chi connectivity index (χ4v) is 2.66. The lowest BCUT2D eigenvalue weighted by molar-refractivity contribution is 0.259. The van der Waals surface area contributed by atoms with E-state index >= 15 is 0 Å². The number of likely N-dealkylation sites (tertiary alicyclic amines) is 1. The number of piperidine rings is 1. The van der Waals surface area contributed by atoms with Gasteiger partial charge in [-0.05, 0) is 25.8 Å². The molecule has 2 rings (SSSR count). The summed E-state index contributed by atoms with van der Waals surface area (Å²) in [5.41, 5.74) is 0. The molecule has 0 aromatic rings. The van der Waals surface area contributed by atoms with Crippen LogP contribution in [0, 0.1) is 5.92 Å². The normalized spacial score (nSPS) is 39.2. The second-order valence-corrected chi connectivity index (χ2v) is 4.56. The van der Waals surface area contributed by atoms with Gasteiger partial charge >= 0.3 is 0 Å². The molecular weight excluding hydrogens is 162 g/mol. The lowest BCUT2D eigenvalue weighted by Crippen LogP contribution is -2.30. The van der Waals surface area contributed by atoms with Crippen LogP contribution in [-0.2, 0) is 0 Å². The van der Waals surface area contributed by atoms with E-state index in [2.05, 4.69) is 16.9 Å². The summed E-state index contributed by atoms with van der Waals surface area (Å²) in [5.74, 6) is 0.825. The molecule has 2 bridgehead atoms. The first-order valence-corrected chi connectivity index (χ1v) is 5.08. The third kappa shape index (κ3) is 1.57. The molecule has 1 saturated carbocycles. The van der Waals surface area contributed by atoms with Crippen LogP contribution in [0.4, 0.5) is 0 Å². The third-order valence-corrected chi connectivity index (χ3v) is 3.27. The summed E-state index contributed by atoms with van der Waals surface area (Å²) in [4.78, 5) is 9.15. The SMILES string of the molecule is CN(C)/C=N/C1[C@@H]2CC[C@H]1N(C)C2. The Morgan fingerprint density at radius 2 is 2.15 bits per heavy atom. The minimum Gasteiger partial charge on any atom is -0.369 e. The van der Waals surface area contributed by atoms with Gasteiger partial charge in [0, 0.05) is 26.7 Å². The summed E-state index contributed by atoms with van der Waals surface area (Å²) in [6.07, 6.45) is 4.69. The lowest BCUT2D eigenvalue weighted by atomic mass is 10.1. The van der Waals surface area contributed by atoms with Crippen LogP contribution in [0.5, 0.6) is 0 Å². The van der Waals surface area contributed by atoms with Crippen LogP contribution in [0.3, 0.4) is 0 Å². The number of aliphatic imine (C=N–C) groups is 1. The van der Waals surface area contributed by atoms with E-state index in [-0.39, 0.29) is 0 Å².